The van der Waals surface area contributed by atoms with E-state index in [1.807, 2.05) is 63.2 Å². The first kappa shape index (κ1) is 22.0. The third-order valence-corrected chi connectivity index (χ3v) is 5.38. The molecule has 0 radical (unpaired) electrons. The molecule has 0 bridgehead atoms. The molecule has 6 heteroatoms. The van der Waals surface area contributed by atoms with E-state index in [2.05, 4.69) is 6.07 Å². The summed E-state index contributed by atoms with van der Waals surface area (Å²) in [6.45, 7) is 5.70. The van der Waals surface area contributed by atoms with Gasteiger partial charge in [-0.2, -0.15) is 5.26 Å². The van der Waals surface area contributed by atoms with Gasteiger partial charge in [0.15, 0.2) is 6.61 Å². The van der Waals surface area contributed by atoms with Gasteiger partial charge in [-0.15, -0.1) is 0 Å². The number of benzene rings is 3. The highest BCUT2D eigenvalue weighted by molar-refractivity contribution is 5.74. The number of esters is 1. The molecule has 0 saturated carbocycles. The smallest absolute Gasteiger partial charge is 0.349 e. The lowest BCUT2D eigenvalue weighted by atomic mass is 9.83. The summed E-state index contributed by atoms with van der Waals surface area (Å²) >= 11 is 0. The van der Waals surface area contributed by atoms with Crippen LogP contribution < -0.4 is 19.9 Å². The van der Waals surface area contributed by atoms with Gasteiger partial charge in [-0.3, -0.25) is 0 Å². The Labute approximate surface area is 192 Å². The Balaban J connectivity index is 1.53. The molecule has 1 aliphatic rings. The number of allylic oxidation sites excluding steroid dienone is 1. The van der Waals surface area contributed by atoms with Crippen LogP contribution in [-0.2, 0) is 4.79 Å². The lowest BCUT2D eigenvalue weighted by Crippen LogP contribution is -2.21. The predicted molar refractivity (Wildman–Crippen MR) is 124 cm³/mol. The lowest BCUT2D eigenvalue weighted by Gasteiger charge is -2.26. The van der Waals surface area contributed by atoms with E-state index in [0.29, 0.717) is 22.8 Å². The van der Waals surface area contributed by atoms with Crippen LogP contribution in [0.2, 0.25) is 0 Å². The van der Waals surface area contributed by atoms with Crippen LogP contribution in [0.15, 0.2) is 72.1 Å². The second kappa shape index (κ2) is 9.09. The minimum atomic E-state index is -0.541. The summed E-state index contributed by atoms with van der Waals surface area (Å²) in [7, 11) is 0. The standard InChI is InChI=1S/C27H24N2O4/c1-16-4-6-19(7-5-16)26-22-9-8-20(13-24(22)33-27(29)23(26)14-28)32-25(30)15-31-21-11-17(2)10-18(3)12-21/h4-13,26H,15,29H2,1-3H3. The minimum Gasteiger partial charge on any atom is -0.482 e. The second-order valence-electron chi connectivity index (χ2n) is 8.12. The van der Waals surface area contributed by atoms with Gasteiger partial charge in [0.25, 0.3) is 0 Å². The number of aryl methyl sites for hydroxylation is 3. The molecule has 3 aromatic carbocycles. The molecule has 6 nitrogen and oxygen atoms in total. The van der Waals surface area contributed by atoms with Crippen LogP contribution in [0, 0.1) is 32.1 Å². The first-order valence-corrected chi connectivity index (χ1v) is 10.5. The van der Waals surface area contributed by atoms with E-state index in [4.69, 9.17) is 19.9 Å². The average molecular weight is 440 g/mol. The number of ether oxygens (including phenoxy) is 3. The summed E-state index contributed by atoms with van der Waals surface area (Å²) in [6, 6.07) is 20.9. The molecule has 2 N–H and O–H groups in total. The Morgan fingerprint density at radius 3 is 2.33 bits per heavy atom. The Hall–Kier alpha value is -4.24. The predicted octanol–water partition coefficient (Wildman–Crippen LogP) is 4.81. The fourth-order valence-electron chi connectivity index (χ4n) is 3.92. The summed E-state index contributed by atoms with van der Waals surface area (Å²) < 4.78 is 16.7. The molecule has 3 aromatic rings. The van der Waals surface area contributed by atoms with Crippen LogP contribution in [0.5, 0.6) is 17.2 Å². The van der Waals surface area contributed by atoms with Crippen molar-refractivity contribution < 1.29 is 19.0 Å². The van der Waals surface area contributed by atoms with Crippen LogP contribution in [0.3, 0.4) is 0 Å². The summed E-state index contributed by atoms with van der Waals surface area (Å²) in [5, 5.41) is 9.68. The van der Waals surface area contributed by atoms with Gasteiger partial charge in [0.1, 0.15) is 28.9 Å². The number of nitriles is 1. The number of carbonyl (C=O) groups excluding carboxylic acids is 1. The van der Waals surface area contributed by atoms with Crippen molar-refractivity contribution in [3.8, 4) is 23.3 Å². The summed E-state index contributed by atoms with van der Waals surface area (Å²) in [6.07, 6.45) is 0. The molecule has 33 heavy (non-hydrogen) atoms. The Morgan fingerprint density at radius 2 is 1.67 bits per heavy atom. The van der Waals surface area contributed by atoms with E-state index in [9.17, 15) is 10.1 Å². The van der Waals surface area contributed by atoms with Crippen molar-refractivity contribution in [3.63, 3.8) is 0 Å². The van der Waals surface area contributed by atoms with Gasteiger partial charge in [-0.1, -0.05) is 42.0 Å². The van der Waals surface area contributed by atoms with Crippen molar-refractivity contribution in [2.45, 2.75) is 26.7 Å². The quantitative estimate of drug-likeness (QED) is 0.452. The van der Waals surface area contributed by atoms with Gasteiger partial charge in [0.2, 0.25) is 5.88 Å². The molecule has 1 heterocycles. The Bertz CT molecular complexity index is 1270. The molecule has 0 amide bonds. The molecule has 1 unspecified atom stereocenters. The zero-order chi connectivity index (χ0) is 23.5. The highest BCUT2D eigenvalue weighted by Crippen LogP contribution is 2.43. The van der Waals surface area contributed by atoms with Gasteiger partial charge in [-0.05, 0) is 55.7 Å². The molecule has 1 aliphatic heterocycles. The van der Waals surface area contributed by atoms with E-state index in [1.54, 1.807) is 18.2 Å². The fourth-order valence-corrected chi connectivity index (χ4v) is 3.92. The van der Waals surface area contributed by atoms with E-state index in [0.717, 1.165) is 27.8 Å². The first-order chi connectivity index (χ1) is 15.8. The Kier molecular flexibility index (Phi) is 6.05. The zero-order valence-electron chi connectivity index (χ0n) is 18.7. The number of hydrogen-bond donors (Lipinski definition) is 1. The highest BCUT2D eigenvalue weighted by atomic mass is 16.6. The van der Waals surface area contributed by atoms with Crippen LogP contribution in [0.1, 0.15) is 33.7 Å². The number of carbonyl (C=O) groups is 1. The number of rotatable bonds is 5. The van der Waals surface area contributed by atoms with Crippen molar-refractivity contribution in [3.05, 3.63) is 99.9 Å². The highest BCUT2D eigenvalue weighted by Gasteiger charge is 2.31. The number of hydrogen-bond acceptors (Lipinski definition) is 6. The van der Waals surface area contributed by atoms with Gasteiger partial charge >= 0.3 is 5.97 Å². The molecule has 4 rings (SSSR count). The molecular weight excluding hydrogens is 416 g/mol. The maximum Gasteiger partial charge on any atom is 0.349 e. The van der Waals surface area contributed by atoms with Crippen LogP contribution in [-0.4, -0.2) is 12.6 Å². The summed E-state index contributed by atoms with van der Waals surface area (Å²) in [5.74, 6) is 0.493. The molecular formula is C27H24N2O4. The first-order valence-electron chi connectivity index (χ1n) is 10.5. The molecule has 1 atom stereocenters. The van der Waals surface area contributed by atoms with E-state index in [-0.39, 0.29) is 18.4 Å². The molecule has 0 spiro atoms. The fraction of sp³-hybridized carbons (Fsp3) is 0.185. The van der Waals surface area contributed by atoms with Crippen molar-refractivity contribution in [2.75, 3.05) is 6.61 Å². The van der Waals surface area contributed by atoms with Gasteiger partial charge in [0.05, 0.1) is 5.92 Å². The largest absolute Gasteiger partial charge is 0.482 e. The molecule has 0 aromatic heterocycles. The van der Waals surface area contributed by atoms with Crippen LogP contribution in [0.25, 0.3) is 0 Å². The van der Waals surface area contributed by atoms with E-state index in [1.165, 1.54) is 0 Å². The monoisotopic (exact) mass is 440 g/mol. The van der Waals surface area contributed by atoms with Crippen LogP contribution >= 0.6 is 0 Å². The zero-order valence-corrected chi connectivity index (χ0v) is 18.7. The topological polar surface area (TPSA) is 94.6 Å². The molecule has 166 valence electrons. The molecule has 0 aliphatic carbocycles. The van der Waals surface area contributed by atoms with Crippen molar-refractivity contribution in [1.82, 2.24) is 0 Å². The maximum atomic E-state index is 12.3. The second-order valence-corrected chi connectivity index (χ2v) is 8.12. The number of nitrogens with two attached hydrogens (primary N) is 1. The Morgan fingerprint density at radius 1 is 0.970 bits per heavy atom. The average Bonchev–Trinajstić information content (AvgIpc) is 2.77. The van der Waals surface area contributed by atoms with Gasteiger partial charge < -0.3 is 19.9 Å². The van der Waals surface area contributed by atoms with Crippen LogP contribution in [0.4, 0.5) is 0 Å². The van der Waals surface area contributed by atoms with E-state index >= 15 is 0 Å². The normalized spacial score (nSPS) is 14.7. The van der Waals surface area contributed by atoms with E-state index < -0.39 is 5.97 Å². The summed E-state index contributed by atoms with van der Waals surface area (Å²) in [4.78, 5) is 12.3. The maximum absolute atomic E-state index is 12.3. The number of nitrogens with zero attached hydrogens (tertiary/aromatic N) is 1. The van der Waals surface area contributed by atoms with Crippen molar-refractivity contribution >= 4 is 5.97 Å². The van der Waals surface area contributed by atoms with Gasteiger partial charge in [0, 0.05) is 11.6 Å². The summed E-state index contributed by atoms with van der Waals surface area (Å²) in [5.41, 5.74) is 11.3. The number of fused-ring (bicyclic) bond motifs is 1. The molecule has 0 saturated heterocycles. The minimum absolute atomic E-state index is 0.0391. The van der Waals surface area contributed by atoms with Crippen molar-refractivity contribution in [1.29, 1.82) is 5.26 Å². The lowest BCUT2D eigenvalue weighted by molar-refractivity contribution is -0.136. The van der Waals surface area contributed by atoms with Gasteiger partial charge in [-0.25, -0.2) is 4.79 Å². The third-order valence-electron chi connectivity index (χ3n) is 5.38. The van der Waals surface area contributed by atoms with Crippen molar-refractivity contribution in [2.24, 2.45) is 5.73 Å². The molecule has 0 fully saturated rings. The third kappa shape index (κ3) is 4.83. The SMILES string of the molecule is Cc1ccc(C2C(C#N)=C(N)Oc3cc(OC(=O)COc4cc(C)cc(C)c4)ccc32)cc1.